The van der Waals surface area contributed by atoms with E-state index < -0.39 is 17.9 Å². The molecular formula is C14H21N3O3. The highest BCUT2D eigenvalue weighted by Gasteiger charge is 2.41. The zero-order valence-corrected chi connectivity index (χ0v) is 12.2. The molecule has 0 aliphatic carbocycles. The quantitative estimate of drug-likeness (QED) is 0.906. The van der Waals surface area contributed by atoms with E-state index in [9.17, 15) is 14.7 Å². The molecule has 6 nitrogen and oxygen atoms in total. The molecule has 1 aromatic rings. The van der Waals surface area contributed by atoms with Crippen LogP contribution in [0.25, 0.3) is 0 Å². The fourth-order valence-corrected chi connectivity index (χ4v) is 2.91. The van der Waals surface area contributed by atoms with Crippen molar-refractivity contribution in [2.75, 3.05) is 6.54 Å². The summed E-state index contributed by atoms with van der Waals surface area (Å²) in [6.45, 7) is 4.48. The average molecular weight is 279 g/mol. The monoisotopic (exact) mass is 279 g/mol. The Balaban J connectivity index is 2.45. The lowest BCUT2D eigenvalue weighted by Gasteiger charge is -2.39. The standard InChI is InChI=1S/C14H21N3O3/c1-4-7-17-12(18)6-5-10(14(19)20)13(17)11-8-15-16(3)9(11)2/h8,10,13H,4-7H2,1-3H3,(H,19,20). The molecule has 0 spiro atoms. The van der Waals surface area contributed by atoms with Gasteiger partial charge in [-0.15, -0.1) is 0 Å². The van der Waals surface area contributed by atoms with Gasteiger partial charge in [0, 0.05) is 31.3 Å². The summed E-state index contributed by atoms with van der Waals surface area (Å²) in [6.07, 6.45) is 3.21. The smallest absolute Gasteiger partial charge is 0.308 e. The summed E-state index contributed by atoms with van der Waals surface area (Å²) in [4.78, 5) is 25.4. The molecule has 110 valence electrons. The van der Waals surface area contributed by atoms with Crippen LogP contribution < -0.4 is 0 Å². The number of piperidine rings is 1. The van der Waals surface area contributed by atoms with E-state index in [2.05, 4.69) is 5.10 Å². The van der Waals surface area contributed by atoms with Crippen LogP contribution >= 0.6 is 0 Å². The molecule has 1 fully saturated rings. The highest BCUT2D eigenvalue weighted by molar-refractivity contribution is 5.81. The van der Waals surface area contributed by atoms with Crippen molar-refractivity contribution in [3.8, 4) is 0 Å². The number of aliphatic carboxylic acids is 1. The second-order valence-electron chi connectivity index (χ2n) is 5.32. The number of aromatic nitrogens is 2. The van der Waals surface area contributed by atoms with Gasteiger partial charge in [0.05, 0.1) is 18.2 Å². The molecule has 2 atom stereocenters. The van der Waals surface area contributed by atoms with Gasteiger partial charge >= 0.3 is 5.97 Å². The van der Waals surface area contributed by atoms with Gasteiger partial charge in [-0.05, 0) is 19.8 Å². The Morgan fingerprint density at radius 1 is 1.55 bits per heavy atom. The predicted octanol–water partition coefficient (Wildman–Crippen LogP) is 1.50. The molecule has 1 aliphatic rings. The molecule has 1 N–H and O–H groups in total. The third-order valence-corrected chi connectivity index (χ3v) is 4.08. The van der Waals surface area contributed by atoms with Crippen molar-refractivity contribution in [2.24, 2.45) is 13.0 Å². The third-order valence-electron chi connectivity index (χ3n) is 4.08. The maximum atomic E-state index is 12.2. The van der Waals surface area contributed by atoms with Crippen LogP contribution in [-0.4, -0.2) is 38.2 Å². The molecule has 2 unspecified atom stereocenters. The molecule has 1 aromatic heterocycles. The van der Waals surface area contributed by atoms with Gasteiger partial charge in [-0.25, -0.2) is 0 Å². The Hall–Kier alpha value is -1.85. The summed E-state index contributed by atoms with van der Waals surface area (Å²) in [7, 11) is 1.82. The Morgan fingerprint density at radius 3 is 2.75 bits per heavy atom. The number of aryl methyl sites for hydroxylation is 1. The number of hydrogen-bond acceptors (Lipinski definition) is 3. The van der Waals surface area contributed by atoms with Crippen molar-refractivity contribution >= 4 is 11.9 Å². The van der Waals surface area contributed by atoms with E-state index in [1.54, 1.807) is 15.8 Å². The van der Waals surface area contributed by atoms with Crippen LogP contribution in [0.15, 0.2) is 6.20 Å². The number of likely N-dealkylation sites (tertiary alicyclic amines) is 1. The summed E-state index contributed by atoms with van der Waals surface area (Å²) >= 11 is 0. The SMILES string of the molecule is CCCN1C(=O)CCC(C(=O)O)C1c1cnn(C)c1C. The molecule has 1 aliphatic heterocycles. The van der Waals surface area contributed by atoms with Gasteiger partial charge in [0.1, 0.15) is 0 Å². The van der Waals surface area contributed by atoms with E-state index in [1.165, 1.54) is 0 Å². The number of carbonyl (C=O) groups excluding carboxylic acids is 1. The number of carboxylic acid groups (broad SMARTS) is 1. The Bertz CT molecular complexity index is 524. The number of carboxylic acids is 1. The summed E-state index contributed by atoms with van der Waals surface area (Å²) < 4.78 is 1.72. The maximum Gasteiger partial charge on any atom is 0.308 e. The van der Waals surface area contributed by atoms with Gasteiger partial charge in [-0.2, -0.15) is 5.10 Å². The summed E-state index contributed by atoms with van der Waals surface area (Å²) in [6, 6.07) is -0.401. The lowest BCUT2D eigenvalue weighted by molar-refractivity contribution is -0.152. The molecule has 0 saturated carbocycles. The second-order valence-corrected chi connectivity index (χ2v) is 5.32. The summed E-state index contributed by atoms with van der Waals surface area (Å²) in [5, 5.41) is 13.7. The Kier molecular flexibility index (Phi) is 4.11. The van der Waals surface area contributed by atoms with E-state index in [0.717, 1.165) is 17.7 Å². The minimum Gasteiger partial charge on any atom is -0.481 e. The molecule has 2 rings (SSSR count). The topological polar surface area (TPSA) is 75.4 Å². The lowest BCUT2D eigenvalue weighted by atomic mass is 9.84. The van der Waals surface area contributed by atoms with Crippen molar-refractivity contribution < 1.29 is 14.7 Å². The van der Waals surface area contributed by atoms with E-state index in [4.69, 9.17) is 0 Å². The molecule has 0 bridgehead atoms. The number of amides is 1. The van der Waals surface area contributed by atoms with Crippen LogP contribution in [0.2, 0.25) is 0 Å². The second kappa shape index (κ2) is 5.64. The molecule has 1 amide bonds. The van der Waals surface area contributed by atoms with Crippen LogP contribution in [0, 0.1) is 12.8 Å². The third kappa shape index (κ3) is 2.42. The summed E-state index contributed by atoms with van der Waals surface area (Å²) in [5.74, 6) is -1.35. The normalized spacial score (nSPS) is 23.1. The minimum absolute atomic E-state index is 0.0394. The molecule has 6 heteroatoms. The first-order valence-corrected chi connectivity index (χ1v) is 6.98. The molecule has 2 heterocycles. The molecule has 20 heavy (non-hydrogen) atoms. The van der Waals surface area contributed by atoms with Crippen molar-refractivity contribution in [3.05, 3.63) is 17.5 Å². The van der Waals surface area contributed by atoms with Gasteiger partial charge in [0.15, 0.2) is 0 Å². The van der Waals surface area contributed by atoms with E-state index in [1.807, 2.05) is 20.9 Å². The van der Waals surface area contributed by atoms with E-state index in [-0.39, 0.29) is 5.91 Å². The fraction of sp³-hybridized carbons (Fsp3) is 0.643. The number of carbonyl (C=O) groups is 2. The molecule has 0 aromatic carbocycles. The minimum atomic E-state index is -0.841. The highest BCUT2D eigenvalue weighted by Crippen LogP contribution is 2.38. The van der Waals surface area contributed by atoms with Crippen molar-refractivity contribution in [1.82, 2.24) is 14.7 Å². The van der Waals surface area contributed by atoms with Crippen LogP contribution in [0.4, 0.5) is 0 Å². The maximum absolute atomic E-state index is 12.2. The fourth-order valence-electron chi connectivity index (χ4n) is 2.91. The number of rotatable bonds is 4. The Morgan fingerprint density at radius 2 is 2.25 bits per heavy atom. The number of nitrogens with zero attached hydrogens (tertiary/aromatic N) is 3. The first-order valence-electron chi connectivity index (χ1n) is 6.98. The zero-order chi connectivity index (χ0) is 14.9. The zero-order valence-electron chi connectivity index (χ0n) is 12.2. The van der Waals surface area contributed by atoms with Crippen molar-refractivity contribution in [3.63, 3.8) is 0 Å². The van der Waals surface area contributed by atoms with E-state index in [0.29, 0.717) is 19.4 Å². The lowest BCUT2D eigenvalue weighted by Crippen LogP contribution is -2.45. The first kappa shape index (κ1) is 14.6. The van der Waals surface area contributed by atoms with Gasteiger partial charge in [-0.1, -0.05) is 6.92 Å². The van der Waals surface area contributed by atoms with Crippen molar-refractivity contribution in [1.29, 1.82) is 0 Å². The van der Waals surface area contributed by atoms with Crippen LogP contribution in [-0.2, 0) is 16.6 Å². The summed E-state index contributed by atoms with van der Waals surface area (Å²) in [5.41, 5.74) is 1.76. The number of hydrogen-bond donors (Lipinski definition) is 1. The van der Waals surface area contributed by atoms with Crippen LogP contribution in [0.3, 0.4) is 0 Å². The average Bonchev–Trinajstić information content (AvgIpc) is 2.72. The van der Waals surface area contributed by atoms with Gasteiger partial charge < -0.3 is 10.0 Å². The van der Waals surface area contributed by atoms with Crippen LogP contribution in [0.1, 0.15) is 43.5 Å². The van der Waals surface area contributed by atoms with Gasteiger partial charge in [0.2, 0.25) is 5.91 Å². The van der Waals surface area contributed by atoms with Crippen molar-refractivity contribution in [2.45, 2.75) is 39.2 Å². The van der Waals surface area contributed by atoms with Crippen LogP contribution in [0.5, 0.6) is 0 Å². The molecular weight excluding hydrogens is 258 g/mol. The predicted molar refractivity (Wildman–Crippen MR) is 73.0 cm³/mol. The largest absolute Gasteiger partial charge is 0.481 e. The van der Waals surface area contributed by atoms with Gasteiger partial charge in [0.25, 0.3) is 0 Å². The highest BCUT2D eigenvalue weighted by atomic mass is 16.4. The molecule has 1 saturated heterocycles. The van der Waals surface area contributed by atoms with Gasteiger partial charge in [-0.3, -0.25) is 14.3 Å². The molecule has 0 radical (unpaired) electrons. The van der Waals surface area contributed by atoms with E-state index >= 15 is 0 Å². The first-order chi connectivity index (χ1) is 9.47. The Labute approximate surface area is 118 Å².